The van der Waals surface area contributed by atoms with Crippen LogP contribution in [0.1, 0.15) is 39.0 Å². The van der Waals surface area contributed by atoms with Gasteiger partial charge in [-0.2, -0.15) is 0 Å². The summed E-state index contributed by atoms with van der Waals surface area (Å²) in [6, 6.07) is -0.0912. The largest absolute Gasteiger partial charge is 0.481 e. The number of hydrogen-bond donors (Lipinski definition) is 2. The molecule has 0 aromatic carbocycles. The van der Waals surface area contributed by atoms with Crippen LogP contribution in [0.5, 0.6) is 0 Å². The predicted octanol–water partition coefficient (Wildman–Crippen LogP) is 0.842. The molecule has 5 heteroatoms. The van der Waals surface area contributed by atoms with Gasteiger partial charge in [-0.1, -0.05) is 6.92 Å². The van der Waals surface area contributed by atoms with Crippen LogP contribution >= 0.6 is 0 Å². The number of rotatable bonds is 3. The highest BCUT2D eigenvalue weighted by Crippen LogP contribution is 2.34. The lowest BCUT2D eigenvalue weighted by molar-refractivity contribution is -0.155. The van der Waals surface area contributed by atoms with Gasteiger partial charge in [0.15, 0.2) is 0 Å². The van der Waals surface area contributed by atoms with E-state index in [9.17, 15) is 14.7 Å². The van der Waals surface area contributed by atoms with Gasteiger partial charge in [-0.3, -0.25) is 9.59 Å². The van der Waals surface area contributed by atoms with Gasteiger partial charge in [0, 0.05) is 13.1 Å². The normalized spacial score (nSPS) is 32.5. The molecule has 2 rings (SSSR count). The average molecular weight is 254 g/mol. The molecule has 0 spiro atoms. The van der Waals surface area contributed by atoms with Crippen molar-refractivity contribution in [1.29, 1.82) is 0 Å². The molecule has 2 N–H and O–H groups in total. The van der Waals surface area contributed by atoms with Crippen molar-refractivity contribution in [2.75, 3.05) is 19.6 Å². The first-order chi connectivity index (χ1) is 8.59. The number of piperidine rings is 1. The molecule has 102 valence electrons. The summed E-state index contributed by atoms with van der Waals surface area (Å²) < 4.78 is 0. The molecule has 0 aromatic heterocycles. The predicted molar refractivity (Wildman–Crippen MR) is 67.2 cm³/mol. The van der Waals surface area contributed by atoms with Crippen LogP contribution in [0.4, 0.5) is 0 Å². The van der Waals surface area contributed by atoms with E-state index in [0.29, 0.717) is 25.9 Å². The zero-order chi connectivity index (χ0) is 13.2. The van der Waals surface area contributed by atoms with Crippen molar-refractivity contribution in [3.8, 4) is 0 Å². The molecule has 0 saturated carbocycles. The van der Waals surface area contributed by atoms with Crippen molar-refractivity contribution < 1.29 is 14.7 Å². The molecule has 0 bridgehead atoms. The molecule has 2 saturated heterocycles. The lowest BCUT2D eigenvalue weighted by atomic mass is 9.77. The van der Waals surface area contributed by atoms with Gasteiger partial charge in [-0.25, -0.2) is 0 Å². The fraction of sp³-hybridized carbons (Fsp3) is 0.846. The van der Waals surface area contributed by atoms with Gasteiger partial charge in [0.1, 0.15) is 0 Å². The van der Waals surface area contributed by atoms with Crippen molar-refractivity contribution in [1.82, 2.24) is 10.2 Å². The first-order valence-electron chi connectivity index (χ1n) is 6.84. The zero-order valence-corrected chi connectivity index (χ0v) is 10.9. The lowest BCUT2D eigenvalue weighted by Gasteiger charge is -2.40. The fourth-order valence-corrected chi connectivity index (χ4v) is 3.05. The Labute approximate surface area is 108 Å². The van der Waals surface area contributed by atoms with E-state index in [1.54, 1.807) is 4.90 Å². The maximum Gasteiger partial charge on any atom is 0.311 e. The van der Waals surface area contributed by atoms with E-state index in [0.717, 1.165) is 25.8 Å². The number of carboxylic acids is 1. The van der Waals surface area contributed by atoms with Gasteiger partial charge in [0.25, 0.3) is 0 Å². The van der Waals surface area contributed by atoms with E-state index < -0.39 is 11.4 Å². The molecule has 0 radical (unpaired) electrons. The summed E-state index contributed by atoms with van der Waals surface area (Å²) in [6.45, 7) is 3.86. The van der Waals surface area contributed by atoms with E-state index in [4.69, 9.17) is 0 Å². The van der Waals surface area contributed by atoms with Crippen LogP contribution < -0.4 is 5.32 Å². The van der Waals surface area contributed by atoms with Crippen molar-refractivity contribution in [3.05, 3.63) is 0 Å². The summed E-state index contributed by atoms with van der Waals surface area (Å²) in [6.07, 6.45) is 3.97. The maximum atomic E-state index is 12.3. The third-order valence-electron chi connectivity index (χ3n) is 4.38. The molecule has 0 aromatic rings. The summed E-state index contributed by atoms with van der Waals surface area (Å²) in [5.74, 6) is -0.673. The van der Waals surface area contributed by atoms with Crippen LogP contribution in [-0.2, 0) is 9.59 Å². The minimum absolute atomic E-state index is 0.0891. The van der Waals surface area contributed by atoms with Crippen LogP contribution in [-0.4, -0.2) is 47.6 Å². The highest BCUT2D eigenvalue weighted by Gasteiger charge is 2.43. The van der Waals surface area contributed by atoms with Crippen LogP contribution in [0.2, 0.25) is 0 Å². The van der Waals surface area contributed by atoms with Crippen molar-refractivity contribution in [2.24, 2.45) is 5.41 Å². The molecule has 2 heterocycles. The third-order valence-corrected chi connectivity index (χ3v) is 4.38. The van der Waals surface area contributed by atoms with Crippen molar-refractivity contribution in [2.45, 2.75) is 45.1 Å². The van der Waals surface area contributed by atoms with Crippen molar-refractivity contribution >= 4 is 11.9 Å². The second-order valence-corrected chi connectivity index (χ2v) is 5.45. The Morgan fingerprint density at radius 2 is 2.22 bits per heavy atom. The zero-order valence-electron chi connectivity index (χ0n) is 10.9. The molecule has 5 nitrogen and oxygen atoms in total. The average Bonchev–Trinajstić information content (AvgIpc) is 2.91. The molecule has 2 atom stereocenters. The smallest absolute Gasteiger partial charge is 0.311 e. The number of hydrogen-bond acceptors (Lipinski definition) is 3. The summed E-state index contributed by atoms with van der Waals surface area (Å²) in [5.41, 5.74) is -0.730. The Balaban J connectivity index is 2.05. The highest BCUT2D eigenvalue weighted by atomic mass is 16.4. The Kier molecular flexibility index (Phi) is 3.90. The number of aliphatic carboxylic acids is 1. The van der Waals surface area contributed by atoms with Crippen molar-refractivity contribution in [3.63, 3.8) is 0 Å². The van der Waals surface area contributed by atoms with E-state index in [1.807, 2.05) is 6.92 Å². The number of amides is 1. The maximum absolute atomic E-state index is 12.3. The number of nitrogens with one attached hydrogen (secondary N) is 1. The minimum Gasteiger partial charge on any atom is -0.481 e. The standard InChI is InChI=1S/C13H22N2O3/c1-2-13(12(17)18)6-4-8-15(9-13)11(16)10-5-3-7-14-10/h10,14H,2-9H2,1H3,(H,17,18)/t10-,13?/m0/s1. The SMILES string of the molecule is CCC1(C(=O)O)CCCN(C(=O)[C@@H]2CCCN2)C1. The monoisotopic (exact) mass is 254 g/mol. The van der Waals surface area contributed by atoms with Crippen LogP contribution in [0.25, 0.3) is 0 Å². The molecular weight excluding hydrogens is 232 g/mol. The van der Waals surface area contributed by atoms with E-state index in [2.05, 4.69) is 5.32 Å². The van der Waals surface area contributed by atoms with Gasteiger partial charge >= 0.3 is 5.97 Å². The Bertz CT molecular complexity index is 339. The molecular formula is C13H22N2O3. The minimum atomic E-state index is -0.762. The fourth-order valence-electron chi connectivity index (χ4n) is 3.05. The van der Waals surface area contributed by atoms with Gasteiger partial charge in [0.2, 0.25) is 5.91 Å². The van der Waals surface area contributed by atoms with Gasteiger partial charge in [-0.05, 0) is 38.6 Å². The number of carbonyl (C=O) groups excluding carboxylic acids is 1. The molecule has 18 heavy (non-hydrogen) atoms. The third kappa shape index (κ3) is 2.36. The molecule has 0 aliphatic carbocycles. The van der Waals surface area contributed by atoms with Gasteiger partial charge in [0.05, 0.1) is 11.5 Å². The molecule has 1 unspecified atom stereocenters. The van der Waals surface area contributed by atoms with Gasteiger partial charge < -0.3 is 15.3 Å². The van der Waals surface area contributed by atoms with E-state index in [1.165, 1.54) is 0 Å². The Morgan fingerprint density at radius 3 is 2.78 bits per heavy atom. The second-order valence-electron chi connectivity index (χ2n) is 5.45. The highest BCUT2D eigenvalue weighted by molar-refractivity contribution is 5.83. The Hall–Kier alpha value is -1.10. The van der Waals surface area contributed by atoms with Crippen LogP contribution in [0.15, 0.2) is 0 Å². The van der Waals surface area contributed by atoms with Crippen LogP contribution in [0.3, 0.4) is 0 Å². The van der Waals surface area contributed by atoms with E-state index >= 15 is 0 Å². The molecule has 2 fully saturated rings. The number of nitrogens with zero attached hydrogens (tertiary/aromatic N) is 1. The quantitative estimate of drug-likeness (QED) is 0.783. The van der Waals surface area contributed by atoms with Crippen LogP contribution in [0, 0.1) is 5.41 Å². The number of carboxylic acid groups (broad SMARTS) is 1. The van der Waals surface area contributed by atoms with Gasteiger partial charge in [-0.15, -0.1) is 0 Å². The second kappa shape index (κ2) is 5.26. The summed E-state index contributed by atoms with van der Waals surface area (Å²) >= 11 is 0. The summed E-state index contributed by atoms with van der Waals surface area (Å²) in [7, 11) is 0. The topological polar surface area (TPSA) is 69.6 Å². The number of likely N-dealkylation sites (tertiary alicyclic amines) is 1. The first-order valence-corrected chi connectivity index (χ1v) is 6.84. The summed E-state index contributed by atoms with van der Waals surface area (Å²) in [5, 5.41) is 12.6. The molecule has 1 amide bonds. The summed E-state index contributed by atoms with van der Waals surface area (Å²) in [4.78, 5) is 25.5. The first kappa shape index (κ1) is 13.3. The lowest BCUT2D eigenvalue weighted by Crippen LogP contribution is -2.53. The molecule has 2 aliphatic rings. The van der Waals surface area contributed by atoms with E-state index in [-0.39, 0.29) is 11.9 Å². The number of carbonyl (C=O) groups is 2. The Morgan fingerprint density at radius 1 is 1.44 bits per heavy atom. The molecule has 2 aliphatic heterocycles.